The Morgan fingerprint density at radius 2 is 1.59 bits per heavy atom. The molecule has 22 heavy (non-hydrogen) atoms. The summed E-state index contributed by atoms with van der Waals surface area (Å²) in [5.41, 5.74) is 1.04. The highest BCUT2D eigenvalue weighted by Gasteiger charge is 2.34. The standard InChI is InChI=1S/C18H20N2O2/c21-17-15-9-3-4-10-16(15)18(22)20(17)14-6-2-1-5-11-19-12-7-8-13-19/h3-4,9-10H,2,6-8,11-14H2. The lowest BCUT2D eigenvalue weighted by atomic mass is 10.1. The molecule has 2 aliphatic heterocycles. The van der Waals surface area contributed by atoms with Crippen molar-refractivity contribution in [1.82, 2.24) is 9.80 Å². The van der Waals surface area contributed by atoms with Crippen molar-refractivity contribution in [3.8, 4) is 11.8 Å². The van der Waals surface area contributed by atoms with Crippen LogP contribution in [0.4, 0.5) is 0 Å². The Morgan fingerprint density at radius 1 is 0.955 bits per heavy atom. The van der Waals surface area contributed by atoms with Gasteiger partial charge >= 0.3 is 0 Å². The molecule has 0 aliphatic carbocycles. The number of hydrogen-bond donors (Lipinski definition) is 0. The third kappa shape index (κ3) is 3.05. The summed E-state index contributed by atoms with van der Waals surface area (Å²) >= 11 is 0. The van der Waals surface area contributed by atoms with E-state index in [0.29, 0.717) is 17.7 Å². The van der Waals surface area contributed by atoms with Gasteiger partial charge in [-0.25, -0.2) is 0 Å². The number of amides is 2. The van der Waals surface area contributed by atoms with Gasteiger partial charge < -0.3 is 0 Å². The van der Waals surface area contributed by atoms with Gasteiger partial charge in [-0.05, 0) is 44.5 Å². The number of carbonyl (C=O) groups is 2. The molecule has 0 bridgehead atoms. The highest BCUT2D eigenvalue weighted by molar-refractivity contribution is 6.21. The zero-order chi connectivity index (χ0) is 15.4. The average Bonchev–Trinajstić information content (AvgIpc) is 3.13. The molecule has 0 atom stereocenters. The van der Waals surface area contributed by atoms with Crippen LogP contribution in [-0.2, 0) is 0 Å². The first kappa shape index (κ1) is 14.8. The van der Waals surface area contributed by atoms with Crippen molar-refractivity contribution >= 4 is 11.8 Å². The molecule has 0 unspecified atom stereocenters. The fraction of sp³-hybridized carbons (Fsp3) is 0.444. The highest BCUT2D eigenvalue weighted by Crippen LogP contribution is 2.22. The lowest BCUT2D eigenvalue weighted by molar-refractivity contribution is 0.0653. The minimum absolute atomic E-state index is 0.175. The van der Waals surface area contributed by atoms with Gasteiger partial charge in [0, 0.05) is 13.0 Å². The molecule has 1 fully saturated rings. The van der Waals surface area contributed by atoms with Crippen LogP contribution >= 0.6 is 0 Å². The van der Waals surface area contributed by atoms with Gasteiger partial charge in [0.15, 0.2) is 0 Å². The molecule has 0 radical (unpaired) electrons. The maximum Gasteiger partial charge on any atom is 0.261 e. The van der Waals surface area contributed by atoms with E-state index in [4.69, 9.17) is 0 Å². The summed E-state index contributed by atoms with van der Waals surface area (Å²) < 4.78 is 0. The van der Waals surface area contributed by atoms with Gasteiger partial charge in [0.25, 0.3) is 11.8 Å². The minimum atomic E-state index is -0.175. The maximum absolute atomic E-state index is 12.2. The molecular weight excluding hydrogens is 276 g/mol. The third-order valence-corrected chi connectivity index (χ3v) is 4.19. The zero-order valence-corrected chi connectivity index (χ0v) is 12.7. The second kappa shape index (κ2) is 6.76. The van der Waals surface area contributed by atoms with E-state index < -0.39 is 0 Å². The van der Waals surface area contributed by atoms with Crippen molar-refractivity contribution in [2.75, 3.05) is 26.2 Å². The number of carbonyl (C=O) groups excluding carboxylic acids is 2. The predicted octanol–water partition coefficient (Wildman–Crippen LogP) is 2.16. The topological polar surface area (TPSA) is 40.6 Å². The molecule has 3 rings (SSSR count). The Labute approximate surface area is 131 Å². The molecule has 2 amide bonds. The summed E-state index contributed by atoms with van der Waals surface area (Å²) in [4.78, 5) is 28.0. The Morgan fingerprint density at radius 3 is 2.23 bits per heavy atom. The van der Waals surface area contributed by atoms with Gasteiger partial charge in [0.1, 0.15) is 0 Å². The van der Waals surface area contributed by atoms with Gasteiger partial charge in [0.05, 0.1) is 17.7 Å². The number of nitrogens with zero attached hydrogens (tertiary/aromatic N) is 2. The molecule has 1 aromatic carbocycles. The smallest absolute Gasteiger partial charge is 0.261 e. The van der Waals surface area contributed by atoms with Crippen LogP contribution in [0.2, 0.25) is 0 Å². The van der Waals surface area contributed by atoms with Crippen LogP contribution in [0, 0.1) is 11.8 Å². The third-order valence-electron chi connectivity index (χ3n) is 4.19. The van der Waals surface area contributed by atoms with Crippen molar-refractivity contribution in [2.24, 2.45) is 0 Å². The number of hydrogen-bond acceptors (Lipinski definition) is 3. The Bertz CT molecular complexity index is 601. The summed E-state index contributed by atoms with van der Waals surface area (Å²) in [6.07, 6.45) is 4.02. The molecule has 0 aromatic heterocycles. The van der Waals surface area contributed by atoms with E-state index in [9.17, 15) is 9.59 Å². The highest BCUT2D eigenvalue weighted by atomic mass is 16.2. The van der Waals surface area contributed by atoms with Crippen LogP contribution in [0.25, 0.3) is 0 Å². The number of benzene rings is 1. The summed E-state index contributed by atoms with van der Waals surface area (Å²) in [5, 5.41) is 0. The Kier molecular flexibility index (Phi) is 4.55. The number of imide groups is 1. The maximum atomic E-state index is 12.2. The largest absolute Gasteiger partial charge is 0.292 e. The minimum Gasteiger partial charge on any atom is -0.292 e. The molecule has 114 valence electrons. The van der Waals surface area contributed by atoms with Crippen molar-refractivity contribution in [1.29, 1.82) is 0 Å². The van der Waals surface area contributed by atoms with Gasteiger partial charge in [-0.3, -0.25) is 19.4 Å². The molecule has 4 heteroatoms. The molecule has 0 spiro atoms. The van der Waals surface area contributed by atoms with Crippen LogP contribution in [0.15, 0.2) is 24.3 Å². The zero-order valence-electron chi connectivity index (χ0n) is 12.7. The van der Waals surface area contributed by atoms with E-state index in [1.165, 1.54) is 17.7 Å². The quantitative estimate of drug-likeness (QED) is 0.486. The first-order valence-corrected chi connectivity index (χ1v) is 7.90. The molecule has 1 saturated heterocycles. The second-order valence-electron chi connectivity index (χ2n) is 5.75. The first-order valence-electron chi connectivity index (χ1n) is 7.90. The lowest BCUT2D eigenvalue weighted by Gasteiger charge is -2.12. The fourth-order valence-corrected chi connectivity index (χ4v) is 2.96. The number of fused-ring (bicyclic) bond motifs is 1. The monoisotopic (exact) mass is 296 g/mol. The van der Waals surface area contributed by atoms with Gasteiger partial charge in [0.2, 0.25) is 0 Å². The molecule has 2 aliphatic rings. The molecule has 2 heterocycles. The molecule has 4 nitrogen and oxygen atoms in total. The van der Waals surface area contributed by atoms with Crippen molar-refractivity contribution in [3.63, 3.8) is 0 Å². The van der Waals surface area contributed by atoms with Gasteiger partial charge in [-0.2, -0.15) is 0 Å². The summed E-state index contributed by atoms with van der Waals surface area (Å²) in [6, 6.07) is 7.01. The van der Waals surface area contributed by atoms with Gasteiger partial charge in [-0.15, -0.1) is 5.92 Å². The van der Waals surface area contributed by atoms with E-state index in [2.05, 4.69) is 16.7 Å². The van der Waals surface area contributed by atoms with Crippen LogP contribution < -0.4 is 0 Å². The van der Waals surface area contributed by atoms with E-state index in [-0.39, 0.29) is 11.8 Å². The summed E-state index contributed by atoms with van der Waals surface area (Å²) in [7, 11) is 0. The van der Waals surface area contributed by atoms with Gasteiger partial charge in [-0.1, -0.05) is 18.1 Å². The van der Waals surface area contributed by atoms with Crippen molar-refractivity contribution in [3.05, 3.63) is 35.4 Å². The van der Waals surface area contributed by atoms with Crippen LogP contribution in [0.5, 0.6) is 0 Å². The number of likely N-dealkylation sites (tertiary alicyclic amines) is 1. The predicted molar refractivity (Wildman–Crippen MR) is 84.5 cm³/mol. The van der Waals surface area contributed by atoms with Crippen molar-refractivity contribution in [2.45, 2.75) is 25.7 Å². The second-order valence-corrected chi connectivity index (χ2v) is 5.75. The number of rotatable bonds is 4. The normalized spacial score (nSPS) is 17.5. The Hall–Kier alpha value is -2.12. The average molecular weight is 296 g/mol. The van der Waals surface area contributed by atoms with E-state index in [1.807, 2.05) is 0 Å². The number of unbranched alkanes of at least 4 members (excludes halogenated alkanes) is 1. The first-order chi connectivity index (χ1) is 10.8. The van der Waals surface area contributed by atoms with E-state index >= 15 is 0 Å². The van der Waals surface area contributed by atoms with Crippen LogP contribution in [0.3, 0.4) is 0 Å². The molecule has 1 aromatic rings. The van der Waals surface area contributed by atoms with E-state index in [1.54, 1.807) is 24.3 Å². The SMILES string of the molecule is O=C1c2ccccc2C(=O)N1CCCC#CCN1CCCC1. The van der Waals surface area contributed by atoms with Crippen molar-refractivity contribution < 1.29 is 9.59 Å². The van der Waals surface area contributed by atoms with Crippen LogP contribution in [-0.4, -0.2) is 47.8 Å². The van der Waals surface area contributed by atoms with E-state index in [0.717, 1.165) is 32.5 Å². The lowest BCUT2D eigenvalue weighted by Crippen LogP contribution is -2.30. The molecule has 0 N–H and O–H groups in total. The Balaban J connectivity index is 1.46. The molecule has 0 saturated carbocycles. The molecular formula is C18H20N2O2. The van der Waals surface area contributed by atoms with Crippen LogP contribution in [0.1, 0.15) is 46.4 Å². The fourth-order valence-electron chi connectivity index (χ4n) is 2.96. The summed E-state index contributed by atoms with van der Waals surface area (Å²) in [5.74, 6) is 5.98. The summed E-state index contributed by atoms with van der Waals surface area (Å²) in [6.45, 7) is 3.60.